The first-order valence-corrected chi connectivity index (χ1v) is 8.70. The van der Waals surface area contributed by atoms with Crippen molar-refractivity contribution in [2.45, 2.75) is 46.0 Å². The number of hydrogen-bond donors (Lipinski definition) is 1. The first-order chi connectivity index (χ1) is 12.8. The van der Waals surface area contributed by atoms with Gasteiger partial charge in [-0.1, -0.05) is 25.2 Å². The third kappa shape index (κ3) is 4.51. The van der Waals surface area contributed by atoms with E-state index in [1.54, 1.807) is 13.8 Å². The lowest BCUT2D eigenvalue weighted by molar-refractivity contribution is -0.136. The van der Waals surface area contributed by atoms with Crippen molar-refractivity contribution in [1.29, 1.82) is 0 Å². The largest absolute Gasteiger partial charge is 0.512 e. The van der Waals surface area contributed by atoms with E-state index in [-0.39, 0.29) is 23.8 Å². The van der Waals surface area contributed by atoms with Gasteiger partial charge < -0.3 is 9.84 Å². The van der Waals surface area contributed by atoms with Crippen molar-refractivity contribution >= 4 is 27.7 Å². The molecule has 0 bridgehead atoms. The van der Waals surface area contributed by atoms with Gasteiger partial charge in [0.05, 0.1) is 17.4 Å². The monoisotopic (exact) mass is 430 g/mol. The zero-order valence-electron chi connectivity index (χ0n) is 14.5. The highest BCUT2D eigenvalue weighted by molar-refractivity contribution is 7.20. The van der Waals surface area contributed by atoms with Crippen LogP contribution in [0.1, 0.15) is 32.3 Å². The predicted octanol–water partition coefficient (Wildman–Crippen LogP) is 3.83. The molecular formula is C15H15F5N2O5S. The van der Waals surface area contributed by atoms with Gasteiger partial charge in [0.15, 0.2) is 5.06 Å². The molecule has 0 saturated heterocycles. The molecule has 13 heteroatoms. The third-order valence-electron chi connectivity index (χ3n) is 3.62. The minimum absolute atomic E-state index is 0.213. The first kappa shape index (κ1) is 21.9. The summed E-state index contributed by atoms with van der Waals surface area (Å²) in [7, 11) is 0. The van der Waals surface area contributed by atoms with Crippen molar-refractivity contribution in [3.05, 3.63) is 26.4 Å². The molecule has 28 heavy (non-hydrogen) atoms. The number of aryl methyl sites for hydroxylation is 1. The van der Waals surface area contributed by atoms with Crippen LogP contribution in [-0.4, -0.2) is 26.6 Å². The van der Waals surface area contributed by atoms with Gasteiger partial charge in [-0.15, -0.1) is 0 Å². The van der Waals surface area contributed by atoms with Crippen molar-refractivity contribution in [3.8, 4) is 5.06 Å². The van der Waals surface area contributed by atoms with Crippen LogP contribution in [0.15, 0.2) is 9.59 Å². The molecule has 2 aromatic heterocycles. The molecule has 0 aromatic carbocycles. The quantitative estimate of drug-likeness (QED) is 0.556. The average Bonchev–Trinajstić information content (AvgIpc) is 2.88. The molecule has 156 valence electrons. The Hall–Kier alpha value is -2.44. The van der Waals surface area contributed by atoms with Gasteiger partial charge in [-0.2, -0.15) is 13.2 Å². The number of halogens is 5. The van der Waals surface area contributed by atoms with Gasteiger partial charge in [-0.25, -0.2) is 18.4 Å². The SMILES string of the molecule is CC(C)Cn1c(=O)c2c(C(F)F)c(OC(=O)O)sc2n(CCC(F)(F)F)c1=O. The van der Waals surface area contributed by atoms with E-state index in [0.29, 0.717) is 9.13 Å². The van der Waals surface area contributed by atoms with Gasteiger partial charge in [0.25, 0.3) is 12.0 Å². The van der Waals surface area contributed by atoms with E-state index >= 15 is 0 Å². The molecule has 1 N–H and O–H groups in total. The van der Waals surface area contributed by atoms with E-state index in [1.807, 2.05) is 0 Å². The second-order valence-electron chi connectivity index (χ2n) is 6.26. The maximum absolute atomic E-state index is 13.5. The van der Waals surface area contributed by atoms with Crippen LogP contribution in [0.25, 0.3) is 10.2 Å². The minimum Gasteiger partial charge on any atom is -0.449 e. The fraction of sp³-hybridized carbons (Fsp3) is 0.533. The maximum Gasteiger partial charge on any atom is 0.512 e. The highest BCUT2D eigenvalue weighted by Gasteiger charge is 2.32. The summed E-state index contributed by atoms with van der Waals surface area (Å²) in [6, 6.07) is 0. The molecule has 0 aliphatic carbocycles. The lowest BCUT2D eigenvalue weighted by atomic mass is 10.2. The summed E-state index contributed by atoms with van der Waals surface area (Å²) < 4.78 is 70.4. The number of aromatic nitrogens is 2. The Bertz CT molecular complexity index is 1010. The zero-order valence-corrected chi connectivity index (χ0v) is 15.4. The maximum atomic E-state index is 13.5. The topological polar surface area (TPSA) is 90.5 Å². The molecule has 0 amide bonds. The molecule has 2 heterocycles. The Balaban J connectivity index is 2.89. The Morgan fingerprint density at radius 1 is 1.21 bits per heavy atom. The number of alkyl halides is 5. The van der Waals surface area contributed by atoms with Crippen LogP contribution in [0, 0.1) is 5.92 Å². The van der Waals surface area contributed by atoms with Crippen LogP contribution in [0.4, 0.5) is 26.7 Å². The number of hydrogen-bond acceptors (Lipinski definition) is 5. The summed E-state index contributed by atoms with van der Waals surface area (Å²) in [5.74, 6) is -0.290. The number of thiophene rings is 1. The Morgan fingerprint density at radius 3 is 2.29 bits per heavy atom. The number of carboxylic acid groups (broad SMARTS) is 1. The van der Waals surface area contributed by atoms with Crippen LogP contribution in [0.2, 0.25) is 0 Å². The number of fused-ring (bicyclic) bond motifs is 1. The summed E-state index contributed by atoms with van der Waals surface area (Å²) in [5, 5.41) is 7.13. The zero-order chi connectivity index (χ0) is 21.4. The minimum atomic E-state index is -4.64. The molecule has 2 rings (SSSR count). The van der Waals surface area contributed by atoms with Crippen molar-refractivity contribution in [2.75, 3.05) is 0 Å². The molecule has 0 saturated carbocycles. The molecule has 0 atom stereocenters. The summed E-state index contributed by atoms with van der Waals surface area (Å²) in [6.45, 7) is 2.10. The lowest BCUT2D eigenvalue weighted by Gasteiger charge is -2.14. The molecular weight excluding hydrogens is 415 g/mol. The molecule has 0 spiro atoms. The van der Waals surface area contributed by atoms with Crippen molar-refractivity contribution < 1.29 is 36.6 Å². The molecule has 0 fully saturated rings. The number of rotatable bonds is 6. The molecule has 7 nitrogen and oxygen atoms in total. The first-order valence-electron chi connectivity index (χ1n) is 7.89. The van der Waals surface area contributed by atoms with E-state index < -0.39 is 63.8 Å². The summed E-state index contributed by atoms with van der Waals surface area (Å²) in [5.41, 5.74) is -3.30. The average molecular weight is 430 g/mol. The molecule has 2 aromatic rings. The van der Waals surface area contributed by atoms with Crippen molar-refractivity contribution in [2.24, 2.45) is 5.92 Å². The summed E-state index contributed by atoms with van der Waals surface area (Å²) in [6.07, 6.45) is -11.4. The van der Waals surface area contributed by atoms with Gasteiger partial charge in [0.1, 0.15) is 4.83 Å². The molecule has 0 unspecified atom stereocenters. The van der Waals surface area contributed by atoms with Gasteiger partial charge >= 0.3 is 18.0 Å². The normalized spacial score (nSPS) is 12.3. The third-order valence-corrected chi connectivity index (χ3v) is 4.73. The summed E-state index contributed by atoms with van der Waals surface area (Å²) in [4.78, 5) is 35.5. The van der Waals surface area contributed by atoms with Crippen molar-refractivity contribution in [3.63, 3.8) is 0 Å². The van der Waals surface area contributed by atoms with Gasteiger partial charge in [-0.3, -0.25) is 13.9 Å². The van der Waals surface area contributed by atoms with Crippen LogP contribution in [0.5, 0.6) is 5.06 Å². The van der Waals surface area contributed by atoms with E-state index in [9.17, 15) is 36.3 Å². The Kier molecular flexibility index (Phi) is 6.16. The van der Waals surface area contributed by atoms with Crippen LogP contribution < -0.4 is 16.0 Å². The number of ether oxygens (including phenoxy) is 1. The van der Waals surface area contributed by atoms with Crippen LogP contribution in [0.3, 0.4) is 0 Å². The van der Waals surface area contributed by atoms with E-state index in [0.717, 1.165) is 0 Å². The van der Waals surface area contributed by atoms with E-state index in [2.05, 4.69) is 4.74 Å². The molecule has 0 aliphatic rings. The second-order valence-corrected chi connectivity index (χ2v) is 7.22. The number of nitrogens with zero attached hydrogens (tertiary/aromatic N) is 2. The number of carbonyl (C=O) groups is 1. The summed E-state index contributed by atoms with van der Waals surface area (Å²) >= 11 is 0.213. The highest BCUT2D eigenvalue weighted by atomic mass is 32.1. The standard InChI is InChI=1S/C15H15F5N2O5S/c1-6(2)5-22-10(23)8-7(9(16)17)12(27-14(25)26)28-11(8)21(13(22)24)4-3-15(18,19)20/h6,9H,3-5H2,1-2H3,(H,25,26). The lowest BCUT2D eigenvalue weighted by Crippen LogP contribution is -2.41. The predicted molar refractivity (Wildman–Crippen MR) is 89.5 cm³/mol. The fourth-order valence-electron chi connectivity index (χ4n) is 2.58. The fourth-order valence-corrected chi connectivity index (χ4v) is 3.75. The van der Waals surface area contributed by atoms with Gasteiger partial charge in [0, 0.05) is 13.1 Å². The second kappa shape index (κ2) is 7.89. The van der Waals surface area contributed by atoms with Gasteiger partial charge in [-0.05, 0) is 5.92 Å². The van der Waals surface area contributed by atoms with E-state index in [4.69, 9.17) is 5.11 Å². The smallest absolute Gasteiger partial charge is 0.449 e. The molecule has 0 radical (unpaired) electrons. The van der Waals surface area contributed by atoms with Crippen LogP contribution >= 0.6 is 11.3 Å². The van der Waals surface area contributed by atoms with Gasteiger partial charge in [0.2, 0.25) is 0 Å². The van der Waals surface area contributed by atoms with Crippen molar-refractivity contribution in [1.82, 2.24) is 9.13 Å². The molecule has 0 aliphatic heterocycles. The van der Waals surface area contributed by atoms with E-state index in [1.165, 1.54) is 0 Å². The van der Waals surface area contributed by atoms with Crippen LogP contribution in [-0.2, 0) is 13.1 Å². The highest BCUT2D eigenvalue weighted by Crippen LogP contribution is 2.41. The Labute approximate surface area is 157 Å². The Morgan fingerprint density at radius 2 is 1.82 bits per heavy atom.